The van der Waals surface area contributed by atoms with Crippen LogP contribution < -0.4 is 4.74 Å². The van der Waals surface area contributed by atoms with E-state index in [0.29, 0.717) is 32.4 Å². The van der Waals surface area contributed by atoms with Crippen molar-refractivity contribution < 1.29 is 24.2 Å². The first-order valence-electron chi connectivity index (χ1n) is 13.1. The lowest BCUT2D eigenvalue weighted by atomic mass is 10.00. The van der Waals surface area contributed by atoms with Crippen molar-refractivity contribution in [3.8, 4) is 5.75 Å². The number of amides is 2. The Morgan fingerprint density at radius 1 is 0.947 bits per heavy atom. The average Bonchev–Trinajstić information content (AvgIpc) is 2.89. The van der Waals surface area contributed by atoms with E-state index < -0.39 is 17.7 Å². The number of aliphatic hydroxyl groups excluding tert-OH is 1. The predicted molar refractivity (Wildman–Crippen MR) is 150 cm³/mol. The number of carbonyl (C=O) groups excluding carboxylic acids is 2. The minimum Gasteiger partial charge on any atom is -0.493 e. The van der Waals surface area contributed by atoms with E-state index in [9.17, 15) is 9.59 Å². The van der Waals surface area contributed by atoms with Gasteiger partial charge < -0.3 is 19.5 Å². The second-order valence-corrected chi connectivity index (χ2v) is 10.5. The zero-order valence-electron chi connectivity index (χ0n) is 23.1. The average molecular weight is 521 g/mol. The molecule has 0 aliphatic rings. The molecule has 7 nitrogen and oxygen atoms in total. The summed E-state index contributed by atoms with van der Waals surface area (Å²) in [6, 6.07) is 21.2. The number of aliphatic hydroxyl groups is 1. The molecule has 1 N–H and O–H groups in total. The third-order valence-electron chi connectivity index (χ3n) is 6.30. The van der Waals surface area contributed by atoms with Crippen molar-refractivity contribution in [2.24, 2.45) is 0 Å². The summed E-state index contributed by atoms with van der Waals surface area (Å²) in [6.07, 6.45) is 0.980. The summed E-state index contributed by atoms with van der Waals surface area (Å²) < 4.78 is 11.4. The summed E-state index contributed by atoms with van der Waals surface area (Å²) in [4.78, 5) is 29.8. The molecule has 204 valence electrons. The summed E-state index contributed by atoms with van der Waals surface area (Å²) in [6.45, 7) is 6.39. The van der Waals surface area contributed by atoms with Gasteiger partial charge in [0.25, 0.3) is 0 Å². The predicted octanol–water partition coefficient (Wildman–Crippen LogP) is 5.08. The van der Waals surface area contributed by atoms with Crippen LogP contribution in [0, 0.1) is 0 Å². The lowest BCUT2D eigenvalue weighted by molar-refractivity contribution is -0.135. The van der Waals surface area contributed by atoms with Gasteiger partial charge in [0, 0.05) is 40.1 Å². The van der Waals surface area contributed by atoms with Crippen LogP contribution in [0.2, 0.25) is 0 Å². The van der Waals surface area contributed by atoms with Gasteiger partial charge in [0.2, 0.25) is 5.91 Å². The summed E-state index contributed by atoms with van der Waals surface area (Å²) in [5, 5.41) is 11.3. The first-order valence-corrected chi connectivity index (χ1v) is 13.1. The maximum Gasteiger partial charge on any atom is 0.410 e. The van der Waals surface area contributed by atoms with Gasteiger partial charge in [0.15, 0.2) is 0 Å². The molecule has 1 atom stereocenters. The van der Waals surface area contributed by atoms with E-state index in [1.54, 1.807) is 19.0 Å². The van der Waals surface area contributed by atoms with Crippen LogP contribution in [0.25, 0.3) is 10.8 Å². The number of hydrogen-bond acceptors (Lipinski definition) is 5. The summed E-state index contributed by atoms with van der Waals surface area (Å²) in [5.74, 6) is 0.589. The monoisotopic (exact) mass is 520 g/mol. The third kappa shape index (κ3) is 8.21. The van der Waals surface area contributed by atoms with Gasteiger partial charge in [-0.05, 0) is 55.2 Å². The van der Waals surface area contributed by atoms with Crippen LogP contribution in [-0.4, -0.2) is 72.4 Å². The van der Waals surface area contributed by atoms with Crippen LogP contribution in [0.5, 0.6) is 5.75 Å². The molecular weight excluding hydrogens is 480 g/mol. The van der Waals surface area contributed by atoms with Gasteiger partial charge in [-0.2, -0.15) is 0 Å². The first kappa shape index (κ1) is 29.0. The summed E-state index contributed by atoms with van der Waals surface area (Å²) in [7, 11) is 3.38. The zero-order chi connectivity index (χ0) is 27.7. The molecule has 0 heterocycles. The number of rotatable bonds is 11. The Morgan fingerprint density at radius 3 is 2.34 bits per heavy atom. The minimum atomic E-state index is -0.730. The standard InChI is InChI=1S/C31H40N2O5/c1-31(2,3)38-30(36)33(5)27(22-23-15-16-24-11-6-7-13-26(24)21-23)29(35)32(4)18-17-25-12-8-9-14-28(25)37-20-10-19-34/h6-9,11-16,21,27,34H,10,17-20,22H2,1-5H3/t27-/m1/s1. The lowest BCUT2D eigenvalue weighted by Gasteiger charge is -2.32. The quantitative estimate of drug-likeness (QED) is 0.357. The Labute approximate surface area is 226 Å². The fraction of sp³-hybridized carbons (Fsp3) is 0.419. The van der Waals surface area contributed by atoms with E-state index >= 15 is 0 Å². The second kappa shape index (κ2) is 13.3. The highest BCUT2D eigenvalue weighted by molar-refractivity contribution is 5.87. The Morgan fingerprint density at radius 2 is 1.63 bits per heavy atom. The van der Waals surface area contributed by atoms with Gasteiger partial charge in [-0.15, -0.1) is 0 Å². The Hall–Kier alpha value is -3.58. The maximum absolute atomic E-state index is 13.8. The van der Waals surface area contributed by atoms with Crippen molar-refractivity contribution in [2.75, 3.05) is 33.9 Å². The molecule has 0 saturated carbocycles. The number of carbonyl (C=O) groups is 2. The second-order valence-electron chi connectivity index (χ2n) is 10.5. The van der Waals surface area contributed by atoms with Crippen molar-refractivity contribution in [3.63, 3.8) is 0 Å². The highest BCUT2D eigenvalue weighted by atomic mass is 16.6. The van der Waals surface area contributed by atoms with Gasteiger partial charge in [0.1, 0.15) is 17.4 Å². The number of hydrogen-bond donors (Lipinski definition) is 1. The van der Waals surface area contributed by atoms with E-state index in [-0.39, 0.29) is 12.5 Å². The fourth-order valence-electron chi connectivity index (χ4n) is 4.19. The molecule has 0 saturated heterocycles. The number of fused-ring (bicyclic) bond motifs is 1. The van der Waals surface area contributed by atoms with E-state index in [2.05, 4.69) is 6.07 Å². The molecule has 3 aromatic rings. The van der Waals surface area contributed by atoms with Gasteiger partial charge in [0.05, 0.1) is 6.61 Å². The number of nitrogens with zero attached hydrogens (tertiary/aromatic N) is 2. The normalized spacial score (nSPS) is 12.2. The number of para-hydroxylation sites is 1. The molecule has 0 fully saturated rings. The SMILES string of the molecule is CN(CCc1ccccc1OCCCO)C(=O)[C@@H](Cc1ccc2ccccc2c1)N(C)C(=O)OC(C)(C)C. The lowest BCUT2D eigenvalue weighted by Crippen LogP contribution is -2.51. The van der Waals surface area contributed by atoms with Gasteiger partial charge in [-0.1, -0.05) is 60.7 Å². The number of ether oxygens (including phenoxy) is 2. The number of likely N-dealkylation sites (N-methyl/N-ethyl adjacent to an activating group) is 2. The maximum atomic E-state index is 13.8. The molecule has 0 aliphatic carbocycles. The summed E-state index contributed by atoms with van der Waals surface area (Å²) >= 11 is 0. The van der Waals surface area contributed by atoms with Crippen molar-refractivity contribution in [2.45, 2.75) is 51.7 Å². The molecule has 0 bridgehead atoms. The van der Waals surface area contributed by atoms with Gasteiger partial charge >= 0.3 is 6.09 Å². The molecule has 3 aromatic carbocycles. The van der Waals surface area contributed by atoms with Crippen molar-refractivity contribution in [1.29, 1.82) is 0 Å². The molecular formula is C31H40N2O5. The van der Waals surface area contributed by atoms with E-state index in [0.717, 1.165) is 27.6 Å². The van der Waals surface area contributed by atoms with Crippen molar-refractivity contribution in [1.82, 2.24) is 9.80 Å². The highest BCUT2D eigenvalue weighted by Gasteiger charge is 2.32. The van der Waals surface area contributed by atoms with Crippen LogP contribution in [-0.2, 0) is 22.4 Å². The van der Waals surface area contributed by atoms with Crippen LogP contribution in [0.3, 0.4) is 0 Å². The largest absolute Gasteiger partial charge is 0.493 e. The molecule has 0 aliphatic heterocycles. The van der Waals surface area contributed by atoms with Gasteiger partial charge in [-0.3, -0.25) is 9.69 Å². The molecule has 7 heteroatoms. The van der Waals surface area contributed by atoms with Crippen molar-refractivity contribution in [3.05, 3.63) is 77.9 Å². The minimum absolute atomic E-state index is 0.0726. The molecule has 2 amide bonds. The molecule has 0 unspecified atom stereocenters. The molecule has 3 rings (SSSR count). The van der Waals surface area contributed by atoms with Crippen molar-refractivity contribution >= 4 is 22.8 Å². The Kier molecular flexibility index (Phi) is 10.1. The van der Waals surface area contributed by atoms with E-state index in [1.165, 1.54) is 4.90 Å². The highest BCUT2D eigenvalue weighted by Crippen LogP contribution is 2.22. The molecule has 0 spiro atoms. The number of benzene rings is 3. The van der Waals surface area contributed by atoms with Crippen LogP contribution >= 0.6 is 0 Å². The van der Waals surface area contributed by atoms with E-state index in [1.807, 2.05) is 81.4 Å². The zero-order valence-corrected chi connectivity index (χ0v) is 23.1. The topological polar surface area (TPSA) is 79.3 Å². The molecule has 38 heavy (non-hydrogen) atoms. The molecule has 0 aromatic heterocycles. The smallest absolute Gasteiger partial charge is 0.410 e. The fourth-order valence-corrected chi connectivity index (χ4v) is 4.19. The van der Waals surface area contributed by atoms with E-state index in [4.69, 9.17) is 14.6 Å². The third-order valence-corrected chi connectivity index (χ3v) is 6.30. The Bertz CT molecular complexity index is 1220. The van der Waals surface area contributed by atoms with Crippen LogP contribution in [0.4, 0.5) is 4.79 Å². The van der Waals surface area contributed by atoms with Crippen LogP contribution in [0.1, 0.15) is 38.3 Å². The first-order chi connectivity index (χ1) is 18.1. The Balaban J connectivity index is 1.78. The summed E-state index contributed by atoms with van der Waals surface area (Å²) in [5.41, 5.74) is 1.28. The van der Waals surface area contributed by atoms with Crippen LogP contribution in [0.15, 0.2) is 66.7 Å². The van der Waals surface area contributed by atoms with Gasteiger partial charge in [-0.25, -0.2) is 4.79 Å². The molecule has 0 radical (unpaired) electrons.